The predicted octanol–water partition coefficient (Wildman–Crippen LogP) is 1.68. The number of aromatic hydroxyl groups is 1. The molecule has 0 aliphatic heterocycles. The normalized spacial score (nSPS) is 10.6. The molecule has 1 heterocycles. The summed E-state index contributed by atoms with van der Waals surface area (Å²) < 4.78 is 4.76. The maximum absolute atomic E-state index is 10.6. The summed E-state index contributed by atoms with van der Waals surface area (Å²) in [5.74, 6) is 0.0377. The van der Waals surface area contributed by atoms with Crippen molar-refractivity contribution in [3.8, 4) is 5.88 Å². The van der Waals surface area contributed by atoms with Crippen LogP contribution in [0.5, 0.6) is 5.88 Å². The maximum atomic E-state index is 10.6. The van der Waals surface area contributed by atoms with Gasteiger partial charge in [-0.05, 0) is 12.8 Å². The highest BCUT2D eigenvalue weighted by Gasteiger charge is 2.14. The van der Waals surface area contributed by atoms with E-state index >= 15 is 0 Å². The number of hydrogen-bond acceptors (Lipinski definition) is 5. The summed E-state index contributed by atoms with van der Waals surface area (Å²) >= 11 is 0. The Morgan fingerprint density at radius 2 is 2.06 bits per heavy atom. The van der Waals surface area contributed by atoms with E-state index in [0.29, 0.717) is 11.5 Å². The van der Waals surface area contributed by atoms with E-state index in [1.54, 1.807) is 6.92 Å². The highest BCUT2D eigenvalue weighted by molar-refractivity contribution is 5.65. The molecule has 1 rings (SSSR count). The largest absolute Gasteiger partial charge is 0.493 e. The molecular weight excluding hydrogens is 208 g/mol. The van der Waals surface area contributed by atoms with Gasteiger partial charge in [-0.1, -0.05) is 13.8 Å². The van der Waals surface area contributed by atoms with Crippen LogP contribution in [0.15, 0.2) is 0 Å². The summed E-state index contributed by atoms with van der Waals surface area (Å²) in [6.45, 7) is 7.01. The molecule has 0 saturated heterocycles. The number of nitrogens with zero attached hydrogens (tertiary/aromatic N) is 2. The number of carbonyl (C=O) groups is 1. The Labute approximate surface area is 94.5 Å². The smallest absolute Gasteiger partial charge is 0.303 e. The highest BCUT2D eigenvalue weighted by Crippen LogP contribution is 2.25. The van der Waals surface area contributed by atoms with Crippen LogP contribution < -0.4 is 0 Å². The van der Waals surface area contributed by atoms with Crippen LogP contribution in [0.4, 0.5) is 0 Å². The molecule has 0 spiro atoms. The van der Waals surface area contributed by atoms with E-state index in [2.05, 4.69) is 9.97 Å². The number of esters is 1. The van der Waals surface area contributed by atoms with Gasteiger partial charge in [-0.25, -0.2) is 4.98 Å². The molecule has 1 N–H and O–H groups in total. The fraction of sp³-hybridized carbons (Fsp3) is 0.545. The summed E-state index contributed by atoms with van der Waals surface area (Å²) in [6.07, 6.45) is 0. The molecule has 0 amide bonds. The fourth-order valence-corrected chi connectivity index (χ4v) is 1.53. The number of rotatable bonds is 3. The number of aromatic nitrogens is 2. The zero-order chi connectivity index (χ0) is 12.3. The average molecular weight is 224 g/mol. The van der Waals surface area contributed by atoms with Crippen molar-refractivity contribution < 1.29 is 14.6 Å². The van der Waals surface area contributed by atoms with E-state index in [1.165, 1.54) is 6.92 Å². The molecule has 5 heteroatoms. The van der Waals surface area contributed by atoms with Gasteiger partial charge in [0.15, 0.2) is 12.4 Å². The first-order valence-corrected chi connectivity index (χ1v) is 5.11. The lowest BCUT2D eigenvalue weighted by atomic mass is 10.0. The van der Waals surface area contributed by atoms with Crippen LogP contribution in [-0.4, -0.2) is 21.0 Å². The topological polar surface area (TPSA) is 72.3 Å². The second kappa shape index (κ2) is 4.92. The molecule has 0 saturated carbocycles. The van der Waals surface area contributed by atoms with Gasteiger partial charge in [-0.2, -0.15) is 4.98 Å². The number of ether oxygens (including phenoxy) is 1. The van der Waals surface area contributed by atoms with Crippen molar-refractivity contribution in [1.82, 2.24) is 9.97 Å². The zero-order valence-corrected chi connectivity index (χ0v) is 9.94. The third-order valence-electron chi connectivity index (χ3n) is 2.14. The lowest BCUT2D eigenvalue weighted by molar-refractivity contribution is -0.142. The van der Waals surface area contributed by atoms with Crippen molar-refractivity contribution in [3.05, 3.63) is 17.1 Å². The molecule has 16 heavy (non-hydrogen) atoms. The second-order valence-electron chi connectivity index (χ2n) is 3.90. The van der Waals surface area contributed by atoms with Gasteiger partial charge in [-0.3, -0.25) is 4.79 Å². The number of carbonyl (C=O) groups excluding carboxylic acids is 1. The Hall–Kier alpha value is -1.65. The minimum atomic E-state index is -0.395. The molecule has 0 fully saturated rings. The monoisotopic (exact) mass is 224 g/mol. The van der Waals surface area contributed by atoms with Gasteiger partial charge in [0.05, 0.1) is 0 Å². The summed E-state index contributed by atoms with van der Waals surface area (Å²) in [4.78, 5) is 18.7. The quantitative estimate of drug-likeness (QED) is 0.791. The Bertz CT molecular complexity index is 379. The molecule has 0 aliphatic rings. The van der Waals surface area contributed by atoms with Gasteiger partial charge in [0, 0.05) is 18.2 Å². The lowest BCUT2D eigenvalue weighted by Gasteiger charge is -2.11. The molecular formula is C11H16N2O3. The third kappa shape index (κ3) is 2.92. The van der Waals surface area contributed by atoms with Crippen LogP contribution >= 0.6 is 0 Å². The SMILES string of the molecule is CC(=O)OCc1nc(C)c(C(C)C)c(O)n1. The summed E-state index contributed by atoms with van der Waals surface area (Å²) in [5, 5.41) is 9.72. The van der Waals surface area contributed by atoms with Gasteiger partial charge in [0.1, 0.15) is 0 Å². The van der Waals surface area contributed by atoms with E-state index in [-0.39, 0.29) is 18.4 Å². The van der Waals surface area contributed by atoms with Crippen LogP contribution in [0.25, 0.3) is 0 Å². The van der Waals surface area contributed by atoms with Crippen molar-refractivity contribution >= 4 is 5.97 Å². The Balaban J connectivity index is 2.96. The van der Waals surface area contributed by atoms with Crippen LogP contribution in [-0.2, 0) is 16.1 Å². The van der Waals surface area contributed by atoms with E-state index in [4.69, 9.17) is 4.74 Å². The third-order valence-corrected chi connectivity index (χ3v) is 2.14. The molecule has 0 radical (unpaired) electrons. The maximum Gasteiger partial charge on any atom is 0.303 e. The highest BCUT2D eigenvalue weighted by atomic mass is 16.5. The molecule has 1 aromatic rings. The first-order valence-electron chi connectivity index (χ1n) is 5.11. The van der Waals surface area contributed by atoms with E-state index < -0.39 is 5.97 Å². The van der Waals surface area contributed by atoms with E-state index in [1.807, 2.05) is 13.8 Å². The summed E-state index contributed by atoms with van der Waals surface area (Å²) in [5.41, 5.74) is 1.44. The van der Waals surface area contributed by atoms with E-state index in [0.717, 1.165) is 5.56 Å². The first kappa shape index (κ1) is 12.4. The van der Waals surface area contributed by atoms with Gasteiger partial charge >= 0.3 is 5.97 Å². The standard InChI is InChI=1S/C11H16N2O3/c1-6(2)10-7(3)12-9(13-11(10)15)5-16-8(4)14/h6H,5H2,1-4H3,(H,12,13,15). The molecule has 0 unspecified atom stereocenters. The van der Waals surface area contributed by atoms with Gasteiger partial charge in [0.2, 0.25) is 5.88 Å². The minimum absolute atomic E-state index is 0.0118. The van der Waals surface area contributed by atoms with E-state index in [9.17, 15) is 9.90 Å². The molecule has 0 atom stereocenters. The van der Waals surface area contributed by atoms with Gasteiger partial charge in [0.25, 0.3) is 0 Å². The summed E-state index contributed by atoms with van der Waals surface area (Å²) in [7, 11) is 0. The van der Waals surface area contributed by atoms with Crippen LogP contribution in [0, 0.1) is 6.92 Å². The van der Waals surface area contributed by atoms with Crippen molar-refractivity contribution in [3.63, 3.8) is 0 Å². The van der Waals surface area contributed by atoms with Crippen LogP contribution in [0.2, 0.25) is 0 Å². The second-order valence-corrected chi connectivity index (χ2v) is 3.90. The molecule has 0 aromatic carbocycles. The predicted molar refractivity (Wildman–Crippen MR) is 58.0 cm³/mol. The van der Waals surface area contributed by atoms with Gasteiger partial charge in [-0.15, -0.1) is 0 Å². The Morgan fingerprint density at radius 1 is 1.44 bits per heavy atom. The summed E-state index contributed by atoms with van der Waals surface area (Å²) in [6, 6.07) is 0. The lowest BCUT2D eigenvalue weighted by Crippen LogP contribution is -2.07. The van der Waals surface area contributed by atoms with Crippen molar-refractivity contribution in [2.75, 3.05) is 0 Å². The van der Waals surface area contributed by atoms with Crippen LogP contribution in [0.3, 0.4) is 0 Å². The molecule has 88 valence electrons. The van der Waals surface area contributed by atoms with Gasteiger partial charge < -0.3 is 9.84 Å². The molecule has 0 aliphatic carbocycles. The van der Waals surface area contributed by atoms with Crippen LogP contribution in [0.1, 0.15) is 43.8 Å². The zero-order valence-electron chi connectivity index (χ0n) is 9.94. The number of aryl methyl sites for hydroxylation is 1. The molecule has 0 bridgehead atoms. The van der Waals surface area contributed by atoms with Crippen molar-refractivity contribution in [2.24, 2.45) is 0 Å². The average Bonchev–Trinajstić information content (AvgIpc) is 2.12. The first-order chi connectivity index (χ1) is 7.41. The molecule has 1 aromatic heterocycles. The van der Waals surface area contributed by atoms with Crippen molar-refractivity contribution in [1.29, 1.82) is 0 Å². The minimum Gasteiger partial charge on any atom is -0.493 e. The Kier molecular flexibility index (Phi) is 3.82. The fourth-order valence-electron chi connectivity index (χ4n) is 1.53. The number of hydrogen-bond donors (Lipinski definition) is 1. The Morgan fingerprint density at radius 3 is 2.50 bits per heavy atom. The van der Waals surface area contributed by atoms with Crippen molar-refractivity contribution in [2.45, 2.75) is 40.2 Å². The molecule has 5 nitrogen and oxygen atoms in total.